The van der Waals surface area contributed by atoms with Crippen LogP contribution in [-0.4, -0.2) is 7.11 Å². The number of ether oxygens (including phenoxy) is 1. The maximum atomic E-state index is 5.79. The second-order valence-electron chi connectivity index (χ2n) is 1.90. The Labute approximate surface area is 92.3 Å². The minimum atomic E-state index is 0.675. The van der Waals surface area contributed by atoms with E-state index in [4.69, 9.17) is 16.3 Å². The fourth-order valence-corrected chi connectivity index (χ4v) is 1.99. The van der Waals surface area contributed by atoms with Gasteiger partial charge in [0, 0.05) is 9.50 Å². The largest absolute Gasteiger partial charge is 0.496 e. The second-order valence-corrected chi connectivity index (χ2v) is 4.27. The van der Waals surface area contributed by atoms with Crippen molar-refractivity contribution in [1.29, 1.82) is 0 Å². The highest BCUT2D eigenvalue weighted by Crippen LogP contribution is 2.31. The molecule has 1 aromatic carbocycles. The quantitative estimate of drug-likeness (QED) is 0.556. The summed E-state index contributed by atoms with van der Waals surface area (Å²) in [6.07, 6.45) is 0. The van der Waals surface area contributed by atoms with E-state index >= 15 is 0 Å². The van der Waals surface area contributed by atoms with Crippen LogP contribution in [0.15, 0.2) is 16.6 Å². The van der Waals surface area contributed by atoms with E-state index in [9.17, 15) is 0 Å². The molecule has 0 fully saturated rings. The van der Waals surface area contributed by atoms with Crippen molar-refractivity contribution in [2.45, 2.75) is 0 Å². The number of hydrogen-bond donors (Lipinski definition) is 0. The molecule has 1 rings (SSSR count). The summed E-state index contributed by atoms with van der Waals surface area (Å²) in [5, 5.41) is 0.675. The summed E-state index contributed by atoms with van der Waals surface area (Å²) in [5.74, 6) is 0.796. The van der Waals surface area contributed by atoms with E-state index in [0.29, 0.717) is 5.02 Å². The molecule has 0 bridgehead atoms. The van der Waals surface area contributed by atoms with Crippen LogP contribution in [-0.2, 0) is 0 Å². The fraction of sp³-hybridized carbons (Fsp3) is 0.143. The molecule has 0 saturated heterocycles. The Hall–Kier alpha value is 0.520. The van der Waals surface area contributed by atoms with Crippen LogP contribution < -0.4 is 4.74 Å². The number of methoxy groups -OCH3 is 1. The van der Waals surface area contributed by atoms with Crippen LogP contribution in [0.5, 0.6) is 5.75 Å². The van der Waals surface area contributed by atoms with Gasteiger partial charge in [-0.25, -0.2) is 0 Å². The molecule has 0 amide bonds. The Morgan fingerprint density at radius 2 is 2.18 bits per heavy atom. The molecule has 0 saturated carbocycles. The van der Waals surface area contributed by atoms with Gasteiger partial charge in [-0.3, -0.25) is 0 Å². The molecule has 60 valence electrons. The average molecular weight is 347 g/mol. The molecular weight excluding hydrogens is 342 g/mol. The number of hydrogen-bond acceptors (Lipinski definition) is 1. The number of benzene rings is 1. The molecule has 11 heavy (non-hydrogen) atoms. The van der Waals surface area contributed by atoms with Crippen molar-refractivity contribution in [2.24, 2.45) is 0 Å². The van der Waals surface area contributed by atoms with Gasteiger partial charge in [0.25, 0.3) is 0 Å². The van der Waals surface area contributed by atoms with Gasteiger partial charge in [-0.15, -0.1) is 0 Å². The summed E-state index contributed by atoms with van der Waals surface area (Å²) in [4.78, 5) is 0. The number of rotatable bonds is 1. The van der Waals surface area contributed by atoms with E-state index in [1.807, 2.05) is 6.07 Å². The molecular formula is C7H5BrClIO. The molecule has 0 aliphatic heterocycles. The van der Waals surface area contributed by atoms with Gasteiger partial charge in [0.15, 0.2) is 0 Å². The van der Waals surface area contributed by atoms with Crippen LogP contribution in [0.2, 0.25) is 5.02 Å². The van der Waals surface area contributed by atoms with Crippen LogP contribution in [0.25, 0.3) is 0 Å². The van der Waals surface area contributed by atoms with Crippen molar-refractivity contribution in [3.8, 4) is 5.75 Å². The van der Waals surface area contributed by atoms with Gasteiger partial charge in [-0.2, -0.15) is 0 Å². The minimum absolute atomic E-state index is 0.675. The zero-order valence-electron chi connectivity index (χ0n) is 5.70. The predicted octanol–water partition coefficient (Wildman–Crippen LogP) is 3.72. The fourth-order valence-electron chi connectivity index (χ4n) is 0.681. The van der Waals surface area contributed by atoms with E-state index in [-0.39, 0.29) is 0 Å². The smallest absolute Gasteiger partial charge is 0.134 e. The van der Waals surface area contributed by atoms with E-state index in [1.54, 1.807) is 13.2 Å². The van der Waals surface area contributed by atoms with Gasteiger partial charge in [-0.05, 0) is 50.7 Å². The normalized spacial score (nSPS) is 9.82. The molecule has 0 spiro atoms. The van der Waals surface area contributed by atoms with Gasteiger partial charge in [0.2, 0.25) is 0 Å². The molecule has 0 aromatic heterocycles. The Balaban J connectivity index is 3.24. The van der Waals surface area contributed by atoms with Crippen LogP contribution >= 0.6 is 50.1 Å². The summed E-state index contributed by atoms with van der Waals surface area (Å²) < 4.78 is 7.08. The summed E-state index contributed by atoms with van der Waals surface area (Å²) in [7, 11) is 1.63. The maximum Gasteiger partial charge on any atom is 0.134 e. The molecule has 0 atom stereocenters. The van der Waals surface area contributed by atoms with E-state index in [2.05, 4.69) is 38.5 Å². The second kappa shape index (κ2) is 3.96. The van der Waals surface area contributed by atoms with E-state index in [1.165, 1.54) is 0 Å². The SMILES string of the molecule is COc1cc(Cl)cc(Br)c1I. The van der Waals surface area contributed by atoms with Gasteiger partial charge in [0.1, 0.15) is 5.75 Å². The first-order valence-electron chi connectivity index (χ1n) is 2.83. The highest BCUT2D eigenvalue weighted by Gasteiger charge is 2.04. The van der Waals surface area contributed by atoms with Crippen molar-refractivity contribution < 1.29 is 4.74 Å². The molecule has 0 aliphatic carbocycles. The lowest BCUT2D eigenvalue weighted by atomic mass is 10.3. The lowest BCUT2D eigenvalue weighted by Gasteiger charge is -2.04. The zero-order chi connectivity index (χ0) is 8.43. The number of halogens is 3. The van der Waals surface area contributed by atoms with Gasteiger partial charge >= 0.3 is 0 Å². The molecule has 0 unspecified atom stereocenters. The van der Waals surface area contributed by atoms with Crippen LogP contribution in [0, 0.1) is 3.57 Å². The van der Waals surface area contributed by atoms with Crippen molar-refractivity contribution in [3.63, 3.8) is 0 Å². The van der Waals surface area contributed by atoms with Crippen LogP contribution in [0.4, 0.5) is 0 Å². The highest BCUT2D eigenvalue weighted by molar-refractivity contribution is 14.1. The monoisotopic (exact) mass is 346 g/mol. The molecule has 1 nitrogen and oxygen atoms in total. The minimum Gasteiger partial charge on any atom is -0.496 e. The average Bonchev–Trinajstić information content (AvgIpc) is 1.96. The van der Waals surface area contributed by atoms with Crippen molar-refractivity contribution in [1.82, 2.24) is 0 Å². The molecule has 0 aliphatic rings. The standard InChI is InChI=1S/C7H5BrClIO/c1-11-6-3-4(9)2-5(8)7(6)10/h2-3H,1H3. The Morgan fingerprint density at radius 1 is 1.55 bits per heavy atom. The van der Waals surface area contributed by atoms with Gasteiger partial charge < -0.3 is 4.74 Å². The molecule has 4 heteroatoms. The van der Waals surface area contributed by atoms with Crippen molar-refractivity contribution >= 4 is 50.1 Å². The zero-order valence-corrected chi connectivity index (χ0v) is 10.2. The summed E-state index contributed by atoms with van der Waals surface area (Å²) >= 11 is 11.3. The first-order valence-corrected chi connectivity index (χ1v) is 5.08. The third-order valence-electron chi connectivity index (χ3n) is 1.18. The molecule has 1 aromatic rings. The summed E-state index contributed by atoms with van der Waals surface area (Å²) in [6.45, 7) is 0. The maximum absolute atomic E-state index is 5.79. The summed E-state index contributed by atoms with van der Waals surface area (Å²) in [6, 6.07) is 3.62. The van der Waals surface area contributed by atoms with Crippen molar-refractivity contribution in [2.75, 3.05) is 7.11 Å². The highest BCUT2D eigenvalue weighted by atomic mass is 127. The van der Waals surface area contributed by atoms with E-state index < -0.39 is 0 Å². The first kappa shape index (κ1) is 9.61. The Morgan fingerprint density at radius 3 is 2.73 bits per heavy atom. The van der Waals surface area contributed by atoms with Crippen LogP contribution in [0.1, 0.15) is 0 Å². The molecule has 0 heterocycles. The third kappa shape index (κ3) is 2.23. The van der Waals surface area contributed by atoms with Crippen LogP contribution in [0.3, 0.4) is 0 Å². The van der Waals surface area contributed by atoms with E-state index in [0.717, 1.165) is 13.8 Å². The third-order valence-corrected chi connectivity index (χ3v) is 3.88. The topological polar surface area (TPSA) is 9.23 Å². The van der Waals surface area contributed by atoms with Gasteiger partial charge in [0.05, 0.1) is 10.7 Å². The Bertz CT molecular complexity index is 277. The first-order chi connectivity index (χ1) is 5.15. The van der Waals surface area contributed by atoms with Crippen molar-refractivity contribution in [3.05, 3.63) is 25.2 Å². The lowest BCUT2D eigenvalue weighted by Crippen LogP contribution is -1.87. The van der Waals surface area contributed by atoms with Gasteiger partial charge in [-0.1, -0.05) is 11.6 Å². The predicted molar refractivity (Wildman–Crippen MR) is 58.4 cm³/mol. The molecule has 0 N–H and O–H groups in total. The molecule has 0 radical (unpaired) electrons. The summed E-state index contributed by atoms with van der Waals surface area (Å²) in [5.41, 5.74) is 0. The lowest BCUT2D eigenvalue weighted by molar-refractivity contribution is 0.411. The Kier molecular flexibility index (Phi) is 3.46.